The molecule has 0 fully saturated rings. The van der Waals surface area contributed by atoms with E-state index in [1.807, 2.05) is 38.2 Å². The van der Waals surface area contributed by atoms with Crippen LogP contribution >= 0.6 is 0 Å². The first-order valence-corrected chi connectivity index (χ1v) is 10.2. The van der Waals surface area contributed by atoms with E-state index < -0.39 is 10.0 Å². The molecule has 0 heterocycles. The maximum absolute atomic E-state index is 12.6. The lowest BCUT2D eigenvalue weighted by atomic mass is 10.1. The number of nitrogens with one attached hydrogen (secondary N) is 1. The normalized spacial score (nSPS) is 12.3. The summed E-state index contributed by atoms with van der Waals surface area (Å²) in [7, 11) is -0.0563. The molecule has 8 heteroatoms. The predicted octanol–water partition coefficient (Wildman–Crippen LogP) is 3.02. The van der Waals surface area contributed by atoms with E-state index in [9.17, 15) is 13.2 Å². The average Bonchev–Trinajstić information content (AvgIpc) is 2.65. The highest BCUT2D eigenvalue weighted by molar-refractivity contribution is 7.89. The van der Waals surface area contributed by atoms with Gasteiger partial charge in [-0.05, 0) is 49.7 Å². The Morgan fingerprint density at radius 1 is 1.15 bits per heavy atom. The second-order valence-corrected chi connectivity index (χ2v) is 7.96. The number of amides is 2. The molecule has 2 aromatic carbocycles. The first-order chi connectivity index (χ1) is 12.6. The predicted molar refractivity (Wildman–Crippen MR) is 108 cm³/mol. The molecule has 0 aliphatic heterocycles. The Hall–Kier alpha value is -2.58. The second-order valence-electron chi connectivity index (χ2n) is 6.40. The van der Waals surface area contributed by atoms with Gasteiger partial charge in [0.1, 0.15) is 0 Å². The number of nitrogens with two attached hydrogens (primary N) is 1. The molecule has 0 saturated heterocycles. The van der Waals surface area contributed by atoms with E-state index in [0.717, 1.165) is 17.8 Å². The van der Waals surface area contributed by atoms with Gasteiger partial charge in [0, 0.05) is 32.0 Å². The van der Waals surface area contributed by atoms with Crippen LogP contribution in [0, 0.1) is 0 Å². The monoisotopic (exact) mass is 390 g/mol. The third-order valence-corrected chi connectivity index (χ3v) is 5.53. The molecule has 0 aliphatic carbocycles. The van der Waals surface area contributed by atoms with Crippen molar-refractivity contribution in [2.75, 3.05) is 30.9 Å². The van der Waals surface area contributed by atoms with E-state index in [1.54, 1.807) is 24.1 Å². The number of hydrogen-bond donors (Lipinski definition) is 2. The Kier molecular flexibility index (Phi) is 6.45. The Morgan fingerprint density at radius 3 is 2.33 bits per heavy atom. The number of benzene rings is 2. The van der Waals surface area contributed by atoms with Crippen LogP contribution < -0.4 is 15.4 Å². The van der Waals surface area contributed by atoms with E-state index in [1.165, 1.54) is 12.1 Å². The summed E-state index contributed by atoms with van der Waals surface area (Å²) >= 11 is 0. The molecule has 27 heavy (non-hydrogen) atoms. The first-order valence-electron chi connectivity index (χ1n) is 8.61. The molecule has 2 rings (SSSR count). The van der Waals surface area contributed by atoms with Gasteiger partial charge in [-0.2, -0.15) is 0 Å². The molecule has 1 unspecified atom stereocenters. The van der Waals surface area contributed by atoms with Crippen molar-refractivity contribution in [1.29, 1.82) is 0 Å². The molecule has 2 aromatic rings. The van der Waals surface area contributed by atoms with Gasteiger partial charge in [0.15, 0.2) is 0 Å². The zero-order chi connectivity index (χ0) is 20.2. The fraction of sp³-hybridized carbons (Fsp3) is 0.316. The molecule has 0 saturated carbocycles. The fourth-order valence-electron chi connectivity index (χ4n) is 2.55. The average molecular weight is 391 g/mol. The van der Waals surface area contributed by atoms with Gasteiger partial charge in [-0.3, -0.25) is 0 Å². The van der Waals surface area contributed by atoms with Crippen molar-refractivity contribution >= 4 is 27.4 Å². The van der Waals surface area contributed by atoms with Gasteiger partial charge in [-0.15, -0.1) is 0 Å². The second kappa shape index (κ2) is 8.41. The van der Waals surface area contributed by atoms with Crippen LogP contribution in [0.15, 0.2) is 53.4 Å². The fourth-order valence-corrected chi connectivity index (χ4v) is 3.07. The Balaban J connectivity index is 2.10. The summed E-state index contributed by atoms with van der Waals surface area (Å²) in [5, 5.41) is 8.01. The molecule has 0 bridgehead atoms. The van der Waals surface area contributed by atoms with Crippen LogP contribution in [-0.2, 0) is 10.0 Å². The van der Waals surface area contributed by atoms with Crippen molar-refractivity contribution < 1.29 is 13.2 Å². The quantitative estimate of drug-likeness (QED) is 0.792. The molecule has 146 valence electrons. The summed E-state index contributed by atoms with van der Waals surface area (Å²) in [5.41, 5.74) is 2.53. The standard InChI is InChI=1S/C19H26N4O3S/c1-5-22(3)17-8-6-7-16(13-17)21-19(24)23(4)14(2)15-9-11-18(12-10-15)27(20,25)26/h6-14H,5H2,1-4H3,(H,21,24)(H2,20,25,26). The minimum atomic E-state index is -3.73. The lowest BCUT2D eigenvalue weighted by Gasteiger charge is -2.26. The van der Waals surface area contributed by atoms with Crippen molar-refractivity contribution in [1.82, 2.24) is 4.90 Å². The zero-order valence-corrected chi connectivity index (χ0v) is 16.8. The molecule has 0 aromatic heterocycles. The number of carbonyl (C=O) groups excluding carboxylic acids is 1. The minimum Gasteiger partial charge on any atom is -0.375 e. The topological polar surface area (TPSA) is 95.7 Å². The van der Waals surface area contributed by atoms with Gasteiger partial charge in [0.05, 0.1) is 10.9 Å². The number of sulfonamides is 1. The van der Waals surface area contributed by atoms with Crippen molar-refractivity contribution in [3.05, 3.63) is 54.1 Å². The Labute approximate surface area is 160 Å². The van der Waals surface area contributed by atoms with Crippen LogP contribution in [0.2, 0.25) is 0 Å². The summed E-state index contributed by atoms with van der Waals surface area (Å²) in [4.78, 5) is 16.3. The van der Waals surface area contributed by atoms with Gasteiger partial charge in [-0.25, -0.2) is 18.4 Å². The largest absolute Gasteiger partial charge is 0.375 e. The van der Waals surface area contributed by atoms with Crippen LogP contribution in [0.25, 0.3) is 0 Å². The Bertz CT molecular complexity index is 897. The number of rotatable bonds is 6. The number of nitrogens with zero attached hydrogens (tertiary/aromatic N) is 2. The molecular formula is C19H26N4O3S. The molecule has 2 amide bonds. The molecule has 3 N–H and O–H groups in total. The smallest absolute Gasteiger partial charge is 0.322 e. The number of urea groups is 1. The van der Waals surface area contributed by atoms with E-state index in [4.69, 9.17) is 5.14 Å². The zero-order valence-electron chi connectivity index (χ0n) is 16.0. The summed E-state index contributed by atoms with van der Waals surface area (Å²) in [6.45, 7) is 4.79. The Morgan fingerprint density at radius 2 is 1.78 bits per heavy atom. The van der Waals surface area contributed by atoms with E-state index in [-0.39, 0.29) is 17.0 Å². The van der Waals surface area contributed by atoms with Crippen LogP contribution in [0.4, 0.5) is 16.2 Å². The van der Waals surface area contributed by atoms with Crippen molar-refractivity contribution in [3.63, 3.8) is 0 Å². The summed E-state index contributed by atoms with van der Waals surface area (Å²) in [6.07, 6.45) is 0. The van der Waals surface area contributed by atoms with Crippen LogP contribution in [0.1, 0.15) is 25.5 Å². The SMILES string of the molecule is CCN(C)c1cccc(NC(=O)N(C)C(C)c2ccc(S(N)(=O)=O)cc2)c1. The number of hydrogen-bond acceptors (Lipinski definition) is 4. The lowest BCUT2D eigenvalue weighted by Crippen LogP contribution is -2.33. The highest BCUT2D eigenvalue weighted by Gasteiger charge is 2.18. The number of primary sulfonamides is 1. The minimum absolute atomic E-state index is 0.0439. The first kappa shape index (κ1) is 20.7. The molecule has 1 atom stereocenters. The van der Waals surface area contributed by atoms with Crippen LogP contribution in [-0.4, -0.2) is 40.0 Å². The molecule has 0 radical (unpaired) electrons. The summed E-state index contributed by atoms with van der Waals surface area (Å²) in [6, 6.07) is 13.3. The van der Waals surface area contributed by atoms with Gasteiger partial charge in [0.25, 0.3) is 0 Å². The van der Waals surface area contributed by atoms with E-state index >= 15 is 0 Å². The van der Waals surface area contributed by atoms with Crippen LogP contribution in [0.3, 0.4) is 0 Å². The van der Waals surface area contributed by atoms with Crippen molar-refractivity contribution in [3.8, 4) is 0 Å². The number of anilines is 2. The van der Waals surface area contributed by atoms with Crippen molar-refractivity contribution in [2.24, 2.45) is 5.14 Å². The van der Waals surface area contributed by atoms with Crippen molar-refractivity contribution in [2.45, 2.75) is 24.8 Å². The molecular weight excluding hydrogens is 364 g/mol. The van der Waals surface area contributed by atoms with Gasteiger partial charge in [-0.1, -0.05) is 18.2 Å². The maximum Gasteiger partial charge on any atom is 0.322 e. The van der Waals surface area contributed by atoms with Gasteiger partial charge in [0.2, 0.25) is 10.0 Å². The van der Waals surface area contributed by atoms with Gasteiger partial charge >= 0.3 is 6.03 Å². The van der Waals surface area contributed by atoms with Crippen LogP contribution in [0.5, 0.6) is 0 Å². The lowest BCUT2D eigenvalue weighted by molar-refractivity contribution is 0.208. The molecule has 0 spiro atoms. The molecule has 7 nitrogen and oxygen atoms in total. The summed E-state index contributed by atoms with van der Waals surface area (Å²) in [5.74, 6) is 0. The van der Waals surface area contributed by atoms with Gasteiger partial charge < -0.3 is 15.1 Å². The maximum atomic E-state index is 12.6. The highest BCUT2D eigenvalue weighted by atomic mass is 32.2. The van der Waals surface area contributed by atoms with E-state index in [2.05, 4.69) is 17.1 Å². The highest BCUT2D eigenvalue weighted by Crippen LogP contribution is 2.23. The number of carbonyl (C=O) groups is 1. The van der Waals surface area contributed by atoms with E-state index in [0.29, 0.717) is 5.69 Å². The third-order valence-electron chi connectivity index (χ3n) is 4.60. The third kappa shape index (κ3) is 5.21. The summed E-state index contributed by atoms with van der Waals surface area (Å²) < 4.78 is 22.7. The molecule has 0 aliphatic rings.